The summed E-state index contributed by atoms with van der Waals surface area (Å²) in [6.07, 6.45) is 3.99. The van der Waals surface area contributed by atoms with Crippen molar-refractivity contribution in [2.75, 3.05) is 43.7 Å². The van der Waals surface area contributed by atoms with E-state index in [9.17, 15) is 55.6 Å². The number of amides is 3. The van der Waals surface area contributed by atoms with Crippen molar-refractivity contribution >= 4 is 104 Å². The highest BCUT2D eigenvalue weighted by atomic mass is 127. The van der Waals surface area contributed by atoms with Gasteiger partial charge in [0.25, 0.3) is 38.0 Å². The number of pyridine rings is 3. The molecule has 0 saturated heterocycles. The molecule has 64 heavy (non-hydrogen) atoms. The number of aromatic hydroxyl groups is 3. The maximum atomic E-state index is 13.2. The number of rotatable bonds is 14. The summed E-state index contributed by atoms with van der Waals surface area (Å²) in [4.78, 5) is 51.9. The second kappa shape index (κ2) is 22.4. The molecule has 22 nitrogen and oxygen atoms in total. The average Bonchev–Trinajstić information content (AvgIpc) is 3.23. The molecular formula is C38H38IN7O15S3. The van der Waals surface area contributed by atoms with E-state index in [-0.39, 0.29) is 77.9 Å². The van der Waals surface area contributed by atoms with Gasteiger partial charge in [-0.05, 0) is 53.0 Å². The van der Waals surface area contributed by atoms with Crippen LogP contribution in [-0.4, -0.2) is 135 Å². The third kappa shape index (κ3) is 13.0. The van der Waals surface area contributed by atoms with E-state index in [2.05, 4.69) is 60.4 Å². The third-order valence-electron chi connectivity index (χ3n) is 8.83. The topological polar surface area (TPSA) is 350 Å². The number of hydrogen-bond donors (Lipinski definition) is 8. The molecule has 0 radical (unpaired) electrons. The Hall–Kier alpha value is -6.17. The lowest BCUT2D eigenvalue weighted by Crippen LogP contribution is -2.43. The Morgan fingerprint density at radius 1 is 0.609 bits per heavy atom. The molecule has 340 valence electrons. The van der Waals surface area contributed by atoms with Gasteiger partial charge in [-0.1, -0.05) is 41.6 Å². The van der Waals surface area contributed by atoms with Crippen LogP contribution in [0.5, 0.6) is 17.2 Å². The van der Waals surface area contributed by atoms with Gasteiger partial charge in [0.05, 0.1) is 16.7 Å². The maximum absolute atomic E-state index is 13.2. The minimum Gasteiger partial charge on any atom is -0.505 e. The minimum absolute atomic E-state index is 0.00980. The van der Waals surface area contributed by atoms with Crippen molar-refractivity contribution in [1.82, 2.24) is 35.8 Å². The first-order valence-electron chi connectivity index (χ1n) is 18.3. The Morgan fingerprint density at radius 3 is 1.34 bits per heavy atom. The number of carbonyl (C=O) groups is 3. The van der Waals surface area contributed by atoms with Crippen LogP contribution in [0.4, 0.5) is 0 Å². The van der Waals surface area contributed by atoms with Gasteiger partial charge >= 0.3 is 10.6 Å². The summed E-state index contributed by atoms with van der Waals surface area (Å²) in [5.41, 5.74) is -1.26. The van der Waals surface area contributed by atoms with Gasteiger partial charge in [0.1, 0.15) is 26.3 Å². The summed E-state index contributed by atoms with van der Waals surface area (Å²) in [6.45, 7) is 2.02. The monoisotopic (exact) mass is 1060 g/mol. The number of halogens is 1. The van der Waals surface area contributed by atoms with Gasteiger partial charge < -0.3 is 31.3 Å². The Kier molecular flexibility index (Phi) is 17.7. The summed E-state index contributed by atoms with van der Waals surface area (Å²) in [5.74, 6) is -4.03. The molecule has 3 aromatic heterocycles. The van der Waals surface area contributed by atoms with Crippen molar-refractivity contribution < 1.29 is 68.3 Å². The van der Waals surface area contributed by atoms with E-state index in [1.807, 2.05) is 0 Å². The number of phenols is 3. The molecule has 0 aliphatic rings. The fourth-order valence-electron chi connectivity index (χ4n) is 6.08. The highest BCUT2D eigenvalue weighted by molar-refractivity contribution is 14.1. The number of nitrogens with one attached hydrogen (secondary N) is 3. The first kappa shape index (κ1) is 50.5. The number of aromatic nitrogens is 3. The normalized spacial score (nSPS) is 11.3. The Balaban J connectivity index is 0.00000120. The summed E-state index contributed by atoms with van der Waals surface area (Å²) < 4.78 is 94.5. The highest BCUT2D eigenvalue weighted by Crippen LogP contribution is 2.34. The molecule has 0 spiro atoms. The van der Waals surface area contributed by atoms with Crippen LogP contribution in [0.25, 0.3) is 32.7 Å². The molecule has 6 aromatic rings. The van der Waals surface area contributed by atoms with Crippen molar-refractivity contribution in [2.24, 2.45) is 0 Å². The molecular weight excluding hydrogens is 1020 g/mol. The molecule has 0 atom stereocenters. The van der Waals surface area contributed by atoms with Gasteiger partial charge in [0, 0.05) is 74.0 Å². The van der Waals surface area contributed by atoms with Crippen LogP contribution in [-0.2, 0) is 30.8 Å². The minimum atomic E-state index is -4.84. The molecule has 0 bridgehead atoms. The van der Waals surface area contributed by atoms with Crippen LogP contribution >= 0.6 is 22.6 Å². The van der Waals surface area contributed by atoms with E-state index >= 15 is 0 Å². The quantitative estimate of drug-likeness (QED) is 0.0441. The number of alkyl halides is 1. The molecule has 3 aromatic carbocycles. The second-order valence-electron chi connectivity index (χ2n) is 12.9. The molecule has 8 N–H and O–H groups in total. The fourth-order valence-corrected chi connectivity index (χ4v) is 7.50. The standard InChI is InChI=1S/C36H33N7O12S2.C2H5I.O3S/c44-31-23(8-7-20-4-1-9-37-28(20)31)34(47)40-12-15-43(16-13-41-35(48)24-18-26(56(50,51)52)21-5-2-10-38-29(21)32(24)45)17-14-42-36(49)25-19-27(57(53,54)55)22-6-3-11-39-30(22)33(25)46;1-2-3;1-4(2)3/h1-11,18-19,44-46H,12-17H2,(H,40,47)(H,41,48)(H,42,49)(H,50,51,52)(H,53,54,55);2H2,1H3;. The largest absolute Gasteiger partial charge is 0.505 e. The number of hydrogen-bond acceptors (Lipinski definition) is 17. The van der Waals surface area contributed by atoms with Gasteiger partial charge in [-0.15, -0.1) is 12.6 Å². The maximum Gasteiger partial charge on any atom is 0.425 e. The molecule has 3 heterocycles. The Bertz CT molecular complexity index is 2930. The lowest BCUT2D eigenvalue weighted by Gasteiger charge is -2.23. The van der Waals surface area contributed by atoms with Gasteiger partial charge in [-0.25, -0.2) is 0 Å². The highest BCUT2D eigenvalue weighted by Gasteiger charge is 2.25. The molecule has 0 saturated carbocycles. The summed E-state index contributed by atoms with van der Waals surface area (Å²) in [7, 11) is -12.8. The van der Waals surface area contributed by atoms with E-state index < -0.39 is 81.0 Å². The van der Waals surface area contributed by atoms with Crippen molar-refractivity contribution in [1.29, 1.82) is 0 Å². The number of benzene rings is 3. The molecule has 26 heteroatoms. The summed E-state index contributed by atoms with van der Waals surface area (Å²) in [5, 5.41) is 40.4. The smallest absolute Gasteiger partial charge is 0.425 e. The Morgan fingerprint density at radius 2 is 0.953 bits per heavy atom. The number of carbonyl (C=O) groups excluding carboxylic acids is 3. The van der Waals surface area contributed by atoms with Crippen molar-refractivity contribution in [3.05, 3.63) is 95.9 Å². The van der Waals surface area contributed by atoms with E-state index in [1.165, 1.54) is 53.3 Å². The van der Waals surface area contributed by atoms with Crippen molar-refractivity contribution in [2.45, 2.75) is 16.7 Å². The van der Waals surface area contributed by atoms with Crippen LogP contribution in [0.2, 0.25) is 0 Å². The first-order chi connectivity index (χ1) is 30.2. The van der Waals surface area contributed by atoms with Gasteiger partial charge in [0.15, 0.2) is 17.2 Å². The molecule has 0 unspecified atom stereocenters. The first-order valence-corrected chi connectivity index (χ1v) is 23.7. The van der Waals surface area contributed by atoms with Crippen LogP contribution < -0.4 is 16.0 Å². The molecule has 0 fully saturated rings. The lowest BCUT2D eigenvalue weighted by molar-refractivity contribution is 0.0945. The number of nitrogens with zero attached hydrogens (tertiary/aromatic N) is 4. The second-order valence-corrected chi connectivity index (χ2v) is 17.6. The van der Waals surface area contributed by atoms with Gasteiger partial charge in [-0.3, -0.25) is 43.3 Å². The van der Waals surface area contributed by atoms with Crippen LogP contribution in [0.1, 0.15) is 38.0 Å². The zero-order valence-electron chi connectivity index (χ0n) is 33.2. The van der Waals surface area contributed by atoms with Gasteiger partial charge in [0.2, 0.25) is 0 Å². The van der Waals surface area contributed by atoms with Crippen LogP contribution in [0.3, 0.4) is 0 Å². The van der Waals surface area contributed by atoms with Gasteiger partial charge in [-0.2, -0.15) is 16.8 Å². The predicted molar refractivity (Wildman–Crippen MR) is 238 cm³/mol. The van der Waals surface area contributed by atoms with E-state index in [4.69, 9.17) is 12.6 Å². The molecule has 0 aliphatic carbocycles. The van der Waals surface area contributed by atoms with Crippen LogP contribution in [0.15, 0.2) is 89.0 Å². The van der Waals surface area contributed by atoms with E-state index in [0.29, 0.717) is 5.39 Å². The number of phenolic OH excluding ortho intramolecular Hbond substituents is 3. The van der Waals surface area contributed by atoms with E-state index in [1.54, 1.807) is 23.1 Å². The fraction of sp³-hybridized carbons (Fsp3) is 0.211. The average molecular weight is 1060 g/mol. The summed E-state index contributed by atoms with van der Waals surface area (Å²) >= 11 is 2.29. The third-order valence-corrected chi connectivity index (χ3v) is 10.6. The molecule has 3 amide bonds. The zero-order valence-corrected chi connectivity index (χ0v) is 37.8. The Labute approximate surface area is 379 Å². The van der Waals surface area contributed by atoms with Crippen molar-refractivity contribution in [3.8, 4) is 17.2 Å². The lowest BCUT2D eigenvalue weighted by atomic mass is 10.1. The predicted octanol–water partition coefficient (Wildman–Crippen LogP) is 2.27. The zero-order chi connectivity index (χ0) is 47.4. The molecule has 0 aliphatic heterocycles. The number of fused-ring (bicyclic) bond motifs is 3. The molecule has 6 rings (SSSR count). The summed E-state index contributed by atoms with van der Waals surface area (Å²) in [6, 6.07) is 13.5. The SMILES string of the molecule is CCI.O=C(NCCN(CCNC(=O)c1cc(S(=O)(=O)O)c2cccnc2c1O)CCNC(=O)c1cc(S(=O)(=O)O)c2cccnc2c1O)c1ccc2cccnc2c1O.O=S(=O)=O. The van der Waals surface area contributed by atoms with E-state index in [0.717, 1.165) is 12.1 Å². The van der Waals surface area contributed by atoms with Crippen molar-refractivity contribution in [3.63, 3.8) is 0 Å². The van der Waals surface area contributed by atoms with Crippen LogP contribution in [0, 0.1) is 0 Å².